The SMILES string of the molecule is CC(C)OCC[C@@H](C)CO. The lowest BCUT2D eigenvalue weighted by Gasteiger charge is -2.10. The summed E-state index contributed by atoms with van der Waals surface area (Å²) < 4.78 is 5.30. The van der Waals surface area contributed by atoms with Crippen LogP contribution >= 0.6 is 0 Å². The molecule has 0 aliphatic heterocycles. The molecular formula is C8H18O2. The van der Waals surface area contributed by atoms with Crippen LogP contribution in [0.25, 0.3) is 0 Å². The minimum absolute atomic E-state index is 0.265. The van der Waals surface area contributed by atoms with Crippen LogP contribution < -0.4 is 0 Å². The molecule has 1 atom stereocenters. The fourth-order valence-corrected chi connectivity index (χ4v) is 0.596. The first-order chi connectivity index (χ1) is 4.66. The average molecular weight is 146 g/mol. The fourth-order valence-electron chi connectivity index (χ4n) is 0.596. The summed E-state index contributed by atoms with van der Waals surface area (Å²) in [6.07, 6.45) is 1.26. The van der Waals surface area contributed by atoms with E-state index in [1.807, 2.05) is 20.8 Å². The van der Waals surface area contributed by atoms with Crippen LogP contribution in [0.1, 0.15) is 27.2 Å². The number of aliphatic hydroxyl groups excluding tert-OH is 1. The first-order valence-corrected chi connectivity index (χ1v) is 3.89. The zero-order valence-electron chi connectivity index (χ0n) is 7.13. The molecule has 0 spiro atoms. The maximum absolute atomic E-state index is 8.64. The summed E-state index contributed by atoms with van der Waals surface area (Å²) in [4.78, 5) is 0. The van der Waals surface area contributed by atoms with Crippen molar-refractivity contribution in [1.82, 2.24) is 0 Å². The first-order valence-electron chi connectivity index (χ1n) is 3.89. The van der Waals surface area contributed by atoms with Gasteiger partial charge in [-0.3, -0.25) is 0 Å². The third kappa shape index (κ3) is 6.05. The van der Waals surface area contributed by atoms with Crippen LogP contribution in [0.15, 0.2) is 0 Å². The summed E-state index contributed by atoms with van der Waals surface area (Å²) in [5.41, 5.74) is 0. The Morgan fingerprint density at radius 2 is 1.90 bits per heavy atom. The van der Waals surface area contributed by atoms with Crippen LogP contribution in [0, 0.1) is 5.92 Å². The van der Waals surface area contributed by atoms with Crippen molar-refractivity contribution in [2.75, 3.05) is 13.2 Å². The Labute approximate surface area is 63.2 Å². The van der Waals surface area contributed by atoms with E-state index in [1.165, 1.54) is 0 Å². The summed E-state index contributed by atoms with van der Waals surface area (Å²) in [6, 6.07) is 0. The molecule has 0 aromatic heterocycles. The minimum atomic E-state index is 0.265. The van der Waals surface area contributed by atoms with Crippen molar-refractivity contribution in [3.63, 3.8) is 0 Å². The van der Waals surface area contributed by atoms with Crippen LogP contribution in [0.3, 0.4) is 0 Å². The predicted molar refractivity (Wildman–Crippen MR) is 42.0 cm³/mol. The Hall–Kier alpha value is -0.0800. The van der Waals surface area contributed by atoms with Gasteiger partial charge in [0.05, 0.1) is 6.10 Å². The highest BCUT2D eigenvalue weighted by molar-refractivity contribution is 4.49. The van der Waals surface area contributed by atoms with Crippen molar-refractivity contribution in [3.05, 3.63) is 0 Å². The van der Waals surface area contributed by atoms with Gasteiger partial charge in [-0.15, -0.1) is 0 Å². The molecule has 0 amide bonds. The smallest absolute Gasteiger partial charge is 0.0518 e. The zero-order chi connectivity index (χ0) is 7.98. The van der Waals surface area contributed by atoms with Gasteiger partial charge in [-0.25, -0.2) is 0 Å². The Balaban J connectivity index is 3.03. The Morgan fingerprint density at radius 3 is 2.30 bits per heavy atom. The van der Waals surface area contributed by atoms with E-state index in [2.05, 4.69) is 0 Å². The number of ether oxygens (including phenoxy) is 1. The molecule has 1 N–H and O–H groups in total. The van der Waals surface area contributed by atoms with Gasteiger partial charge >= 0.3 is 0 Å². The van der Waals surface area contributed by atoms with E-state index in [4.69, 9.17) is 9.84 Å². The summed E-state index contributed by atoms with van der Waals surface area (Å²) >= 11 is 0. The van der Waals surface area contributed by atoms with Crippen molar-refractivity contribution in [3.8, 4) is 0 Å². The Bertz CT molecular complexity index is 71.7. The molecule has 0 radical (unpaired) electrons. The van der Waals surface area contributed by atoms with E-state index in [0.29, 0.717) is 12.0 Å². The Kier molecular flexibility index (Phi) is 5.64. The third-order valence-electron chi connectivity index (χ3n) is 1.37. The molecule has 0 unspecified atom stereocenters. The van der Waals surface area contributed by atoms with E-state index in [-0.39, 0.29) is 6.61 Å². The van der Waals surface area contributed by atoms with Crippen LogP contribution in [0.5, 0.6) is 0 Å². The molecule has 0 saturated carbocycles. The van der Waals surface area contributed by atoms with Gasteiger partial charge in [0.1, 0.15) is 0 Å². The van der Waals surface area contributed by atoms with Gasteiger partial charge in [-0.1, -0.05) is 6.92 Å². The van der Waals surface area contributed by atoms with Crippen molar-refractivity contribution in [2.24, 2.45) is 5.92 Å². The van der Waals surface area contributed by atoms with Gasteiger partial charge in [0.2, 0.25) is 0 Å². The van der Waals surface area contributed by atoms with Crippen LogP contribution in [0.2, 0.25) is 0 Å². The summed E-state index contributed by atoms with van der Waals surface area (Å²) in [5, 5.41) is 8.64. The van der Waals surface area contributed by atoms with E-state index in [0.717, 1.165) is 13.0 Å². The molecule has 62 valence electrons. The minimum Gasteiger partial charge on any atom is -0.396 e. The van der Waals surface area contributed by atoms with Gasteiger partial charge in [0, 0.05) is 13.2 Å². The lowest BCUT2D eigenvalue weighted by molar-refractivity contribution is 0.0635. The summed E-state index contributed by atoms with van der Waals surface area (Å²) in [6.45, 7) is 7.08. The van der Waals surface area contributed by atoms with E-state index >= 15 is 0 Å². The zero-order valence-corrected chi connectivity index (χ0v) is 7.13. The maximum Gasteiger partial charge on any atom is 0.0518 e. The second-order valence-corrected chi connectivity index (χ2v) is 3.00. The molecule has 0 aromatic rings. The van der Waals surface area contributed by atoms with Gasteiger partial charge in [0.25, 0.3) is 0 Å². The predicted octanol–water partition coefficient (Wildman–Crippen LogP) is 1.43. The van der Waals surface area contributed by atoms with Crippen LogP contribution in [0.4, 0.5) is 0 Å². The lowest BCUT2D eigenvalue weighted by atomic mass is 10.1. The third-order valence-corrected chi connectivity index (χ3v) is 1.37. The number of rotatable bonds is 5. The van der Waals surface area contributed by atoms with E-state index < -0.39 is 0 Å². The fraction of sp³-hybridized carbons (Fsp3) is 1.00. The number of hydrogen-bond acceptors (Lipinski definition) is 2. The molecular weight excluding hydrogens is 128 g/mol. The molecule has 0 rings (SSSR count). The lowest BCUT2D eigenvalue weighted by Crippen LogP contribution is -2.09. The van der Waals surface area contributed by atoms with Crippen molar-refractivity contribution >= 4 is 0 Å². The molecule has 0 fully saturated rings. The van der Waals surface area contributed by atoms with Gasteiger partial charge in [-0.2, -0.15) is 0 Å². The normalized spacial score (nSPS) is 14.1. The second kappa shape index (κ2) is 5.69. The van der Waals surface area contributed by atoms with Crippen molar-refractivity contribution in [1.29, 1.82) is 0 Å². The molecule has 0 aromatic carbocycles. The number of aliphatic hydroxyl groups is 1. The van der Waals surface area contributed by atoms with E-state index in [1.54, 1.807) is 0 Å². The quantitative estimate of drug-likeness (QED) is 0.635. The standard InChI is InChI=1S/C8H18O2/c1-7(2)10-5-4-8(3)6-9/h7-9H,4-6H2,1-3H3/t8-/m1/s1. The molecule has 0 heterocycles. The molecule has 0 saturated heterocycles. The largest absolute Gasteiger partial charge is 0.396 e. The van der Waals surface area contributed by atoms with E-state index in [9.17, 15) is 0 Å². The Morgan fingerprint density at radius 1 is 1.30 bits per heavy atom. The second-order valence-electron chi connectivity index (χ2n) is 3.00. The van der Waals surface area contributed by atoms with Crippen molar-refractivity contribution < 1.29 is 9.84 Å². The molecule has 2 nitrogen and oxygen atoms in total. The topological polar surface area (TPSA) is 29.5 Å². The molecule has 0 aliphatic rings. The van der Waals surface area contributed by atoms with Crippen molar-refractivity contribution in [2.45, 2.75) is 33.3 Å². The monoisotopic (exact) mass is 146 g/mol. The van der Waals surface area contributed by atoms with Crippen LogP contribution in [-0.4, -0.2) is 24.4 Å². The maximum atomic E-state index is 8.64. The average Bonchev–Trinajstić information content (AvgIpc) is 1.87. The van der Waals surface area contributed by atoms with Gasteiger partial charge in [-0.05, 0) is 26.2 Å². The number of hydrogen-bond donors (Lipinski definition) is 1. The molecule has 0 aliphatic carbocycles. The highest BCUT2D eigenvalue weighted by Gasteiger charge is 1.99. The summed E-state index contributed by atoms with van der Waals surface area (Å²) in [5.74, 6) is 0.374. The van der Waals surface area contributed by atoms with Gasteiger partial charge in [0.15, 0.2) is 0 Å². The van der Waals surface area contributed by atoms with Gasteiger partial charge < -0.3 is 9.84 Å². The molecule has 0 bridgehead atoms. The molecule has 2 heteroatoms. The highest BCUT2D eigenvalue weighted by atomic mass is 16.5. The van der Waals surface area contributed by atoms with Crippen LogP contribution in [-0.2, 0) is 4.74 Å². The molecule has 10 heavy (non-hydrogen) atoms. The summed E-state index contributed by atoms with van der Waals surface area (Å²) in [7, 11) is 0. The highest BCUT2D eigenvalue weighted by Crippen LogP contribution is 2.00. The first kappa shape index (κ1) is 9.92.